The molecule has 0 heterocycles. The molecule has 0 aromatic heterocycles. The quantitative estimate of drug-likeness (QED) is 0.693. The zero-order valence-electron chi connectivity index (χ0n) is 6.30. The van der Waals surface area contributed by atoms with Gasteiger partial charge in [-0.25, -0.2) is 0 Å². The normalized spacial score (nSPS) is 10.9. The SMILES string of the molecule is N#C[Se]c1ccccc1C(F)(F)F. The van der Waals surface area contributed by atoms with E-state index in [9.17, 15) is 13.2 Å². The van der Waals surface area contributed by atoms with Crippen LogP contribution < -0.4 is 4.46 Å². The molecule has 0 saturated carbocycles. The Kier molecular flexibility index (Phi) is 2.97. The summed E-state index contributed by atoms with van der Waals surface area (Å²) in [6.07, 6.45) is -4.35. The summed E-state index contributed by atoms with van der Waals surface area (Å²) in [4.78, 5) is 1.76. The molecule has 0 radical (unpaired) electrons. The van der Waals surface area contributed by atoms with Gasteiger partial charge in [-0.1, -0.05) is 0 Å². The van der Waals surface area contributed by atoms with Gasteiger partial charge in [0, 0.05) is 0 Å². The zero-order chi connectivity index (χ0) is 9.90. The zero-order valence-corrected chi connectivity index (χ0v) is 8.01. The van der Waals surface area contributed by atoms with Gasteiger partial charge in [-0.15, -0.1) is 0 Å². The average molecular weight is 250 g/mol. The molecular weight excluding hydrogens is 246 g/mol. The molecule has 5 heteroatoms. The van der Waals surface area contributed by atoms with Gasteiger partial charge in [0.2, 0.25) is 0 Å². The van der Waals surface area contributed by atoms with Crippen LogP contribution in [0, 0.1) is 10.2 Å². The number of alkyl halides is 3. The van der Waals surface area contributed by atoms with E-state index in [1.807, 2.05) is 0 Å². The van der Waals surface area contributed by atoms with Crippen LogP contribution in [0.3, 0.4) is 0 Å². The number of benzene rings is 1. The summed E-state index contributed by atoms with van der Waals surface area (Å²) in [5, 5.41) is 8.32. The summed E-state index contributed by atoms with van der Waals surface area (Å²) >= 11 is -0.758. The number of nitrogens with zero attached hydrogens (tertiary/aromatic N) is 1. The molecule has 0 aliphatic heterocycles. The molecule has 0 N–H and O–H groups in total. The van der Waals surface area contributed by atoms with Crippen molar-refractivity contribution >= 4 is 19.4 Å². The number of rotatable bonds is 1. The van der Waals surface area contributed by atoms with Crippen LogP contribution in [-0.2, 0) is 6.18 Å². The number of nitriles is 1. The van der Waals surface area contributed by atoms with Crippen LogP contribution in [0.4, 0.5) is 13.2 Å². The van der Waals surface area contributed by atoms with Crippen molar-refractivity contribution in [1.29, 1.82) is 5.26 Å². The first-order chi connectivity index (χ1) is 6.05. The van der Waals surface area contributed by atoms with E-state index in [1.165, 1.54) is 18.2 Å². The molecular formula is C8H4F3NSe. The van der Waals surface area contributed by atoms with Gasteiger partial charge >= 0.3 is 78.8 Å². The Balaban J connectivity index is 3.14. The van der Waals surface area contributed by atoms with Crippen LogP contribution in [0.25, 0.3) is 0 Å². The third kappa shape index (κ3) is 2.48. The van der Waals surface area contributed by atoms with E-state index in [-0.39, 0.29) is 4.46 Å². The fourth-order valence-electron chi connectivity index (χ4n) is 0.839. The van der Waals surface area contributed by atoms with Crippen LogP contribution in [-0.4, -0.2) is 15.0 Å². The van der Waals surface area contributed by atoms with Gasteiger partial charge in [-0.2, -0.15) is 0 Å². The third-order valence-corrected chi connectivity index (χ3v) is 2.75. The molecule has 0 atom stereocenters. The van der Waals surface area contributed by atoms with Gasteiger partial charge in [0.25, 0.3) is 0 Å². The molecule has 0 aliphatic carbocycles. The van der Waals surface area contributed by atoms with Crippen LogP contribution >= 0.6 is 0 Å². The van der Waals surface area contributed by atoms with Gasteiger partial charge in [-0.3, -0.25) is 0 Å². The van der Waals surface area contributed by atoms with Crippen molar-refractivity contribution in [2.75, 3.05) is 0 Å². The molecule has 1 aromatic rings. The summed E-state index contributed by atoms with van der Waals surface area (Å²) in [5.74, 6) is 0. The Morgan fingerprint density at radius 2 is 1.85 bits per heavy atom. The van der Waals surface area contributed by atoms with Crippen molar-refractivity contribution in [3.63, 3.8) is 0 Å². The first-order valence-corrected chi connectivity index (χ1v) is 4.99. The molecule has 13 heavy (non-hydrogen) atoms. The van der Waals surface area contributed by atoms with E-state index in [0.717, 1.165) is 6.07 Å². The van der Waals surface area contributed by atoms with Gasteiger partial charge < -0.3 is 0 Å². The number of hydrogen-bond donors (Lipinski definition) is 0. The average Bonchev–Trinajstić information content (AvgIpc) is 2.04. The molecule has 1 nitrogen and oxygen atoms in total. The maximum absolute atomic E-state index is 12.3. The molecule has 1 rings (SSSR count). The molecule has 0 aliphatic rings. The Bertz CT molecular complexity index is 340. The standard InChI is InChI=1S/C8H4F3NSe/c9-8(10,11)6-3-1-2-4-7(6)13-5-12/h1-4H. The molecule has 0 saturated heterocycles. The van der Waals surface area contributed by atoms with Crippen LogP contribution in [0.5, 0.6) is 0 Å². The van der Waals surface area contributed by atoms with Crippen molar-refractivity contribution < 1.29 is 13.2 Å². The number of hydrogen-bond acceptors (Lipinski definition) is 1. The summed E-state index contributed by atoms with van der Waals surface area (Å²) in [6, 6.07) is 5.16. The molecule has 1 aromatic carbocycles. The summed E-state index contributed by atoms with van der Waals surface area (Å²) in [7, 11) is 0. The van der Waals surface area contributed by atoms with Gasteiger partial charge in [0.15, 0.2) is 0 Å². The molecule has 0 fully saturated rings. The van der Waals surface area contributed by atoms with Crippen molar-refractivity contribution in [2.45, 2.75) is 6.18 Å². The molecule has 68 valence electrons. The van der Waals surface area contributed by atoms with Crippen molar-refractivity contribution in [3.8, 4) is 4.97 Å². The fraction of sp³-hybridized carbons (Fsp3) is 0.125. The van der Waals surface area contributed by atoms with Gasteiger partial charge in [-0.05, 0) is 0 Å². The maximum atomic E-state index is 12.3. The van der Waals surface area contributed by atoms with Gasteiger partial charge in [0.05, 0.1) is 0 Å². The third-order valence-electron chi connectivity index (χ3n) is 1.35. The first kappa shape index (κ1) is 10.1. The van der Waals surface area contributed by atoms with E-state index in [4.69, 9.17) is 5.26 Å². The van der Waals surface area contributed by atoms with Crippen molar-refractivity contribution in [3.05, 3.63) is 29.8 Å². The molecule has 0 spiro atoms. The van der Waals surface area contributed by atoms with Crippen LogP contribution in [0.2, 0.25) is 0 Å². The second kappa shape index (κ2) is 3.82. The van der Waals surface area contributed by atoms with E-state index in [2.05, 4.69) is 0 Å². The van der Waals surface area contributed by atoms with Crippen LogP contribution in [0.1, 0.15) is 5.56 Å². The topological polar surface area (TPSA) is 23.8 Å². The molecule has 0 amide bonds. The Labute approximate surface area is 79.3 Å². The van der Waals surface area contributed by atoms with E-state index in [1.54, 1.807) is 4.97 Å². The van der Waals surface area contributed by atoms with E-state index < -0.39 is 26.7 Å². The molecule has 0 unspecified atom stereocenters. The second-order valence-electron chi connectivity index (χ2n) is 2.19. The fourth-order valence-corrected chi connectivity index (χ4v) is 1.97. The minimum absolute atomic E-state index is 0.0880. The molecule has 0 bridgehead atoms. The monoisotopic (exact) mass is 251 g/mol. The second-order valence-corrected chi connectivity index (χ2v) is 3.92. The number of halogens is 3. The predicted octanol–water partition coefficient (Wildman–Crippen LogP) is 1.52. The van der Waals surface area contributed by atoms with Crippen LogP contribution in [0.15, 0.2) is 24.3 Å². The predicted molar refractivity (Wildman–Crippen MR) is 42.4 cm³/mol. The summed E-state index contributed by atoms with van der Waals surface area (Å²) < 4.78 is 36.9. The Morgan fingerprint density at radius 1 is 1.23 bits per heavy atom. The van der Waals surface area contributed by atoms with E-state index in [0.29, 0.717) is 0 Å². The van der Waals surface area contributed by atoms with E-state index >= 15 is 0 Å². The Hall–Kier alpha value is -0.981. The van der Waals surface area contributed by atoms with Gasteiger partial charge in [0.1, 0.15) is 0 Å². The first-order valence-electron chi connectivity index (χ1n) is 3.28. The van der Waals surface area contributed by atoms with Crippen molar-refractivity contribution in [1.82, 2.24) is 0 Å². The Morgan fingerprint density at radius 3 is 2.38 bits per heavy atom. The summed E-state index contributed by atoms with van der Waals surface area (Å²) in [6.45, 7) is 0. The summed E-state index contributed by atoms with van der Waals surface area (Å²) in [5.41, 5.74) is -0.698. The van der Waals surface area contributed by atoms with Crippen molar-refractivity contribution in [2.24, 2.45) is 0 Å². The minimum atomic E-state index is -4.35.